The normalized spacial score (nSPS) is 14.0. The molecule has 1 saturated heterocycles. The number of nitrogens with one attached hydrogen (secondary N) is 1. The summed E-state index contributed by atoms with van der Waals surface area (Å²) in [6.45, 7) is 5.44. The van der Waals surface area contributed by atoms with Gasteiger partial charge < -0.3 is 14.4 Å². The van der Waals surface area contributed by atoms with E-state index in [0.29, 0.717) is 38.1 Å². The summed E-state index contributed by atoms with van der Waals surface area (Å²) in [7, 11) is 0. The molecule has 3 heterocycles. The van der Waals surface area contributed by atoms with Gasteiger partial charge in [0.25, 0.3) is 0 Å². The van der Waals surface area contributed by atoms with Gasteiger partial charge in [0, 0.05) is 50.1 Å². The summed E-state index contributed by atoms with van der Waals surface area (Å²) in [5, 5.41) is 4.35. The molecule has 0 spiro atoms. The summed E-state index contributed by atoms with van der Waals surface area (Å²) in [6.07, 6.45) is 5.04. The molecule has 3 aromatic rings. The average molecular weight is 433 g/mol. The highest BCUT2D eigenvalue weighted by Crippen LogP contribution is 2.20. The van der Waals surface area contributed by atoms with Gasteiger partial charge in [-0.3, -0.25) is 10.4 Å². The smallest absolute Gasteiger partial charge is 0.320 e. The van der Waals surface area contributed by atoms with Crippen molar-refractivity contribution in [1.29, 1.82) is 0 Å². The molecule has 0 amide bonds. The van der Waals surface area contributed by atoms with Gasteiger partial charge in [-0.15, -0.1) is 0 Å². The highest BCUT2D eigenvalue weighted by atomic mass is 16.5. The molecule has 1 aliphatic heterocycles. The number of hydrazone groups is 1. The number of morpholine rings is 1. The number of aromatic nitrogens is 3. The van der Waals surface area contributed by atoms with Crippen molar-refractivity contribution >= 4 is 17.9 Å². The second-order valence-corrected chi connectivity index (χ2v) is 7.53. The molecule has 0 saturated carbocycles. The van der Waals surface area contributed by atoms with Crippen molar-refractivity contribution < 1.29 is 9.47 Å². The highest BCUT2D eigenvalue weighted by Gasteiger charge is 2.15. The van der Waals surface area contributed by atoms with E-state index in [2.05, 4.69) is 61.6 Å². The Bertz CT molecular complexity index is 1020. The zero-order valence-corrected chi connectivity index (χ0v) is 18.3. The number of pyridine rings is 1. The van der Waals surface area contributed by atoms with E-state index in [4.69, 9.17) is 9.47 Å². The quantitative estimate of drug-likeness (QED) is 0.410. The summed E-state index contributed by atoms with van der Waals surface area (Å²) in [6, 6.07) is 16.4. The Balaban J connectivity index is 1.42. The number of nitrogens with zero attached hydrogens (tertiary/aromatic N) is 5. The minimum atomic E-state index is 0.321. The van der Waals surface area contributed by atoms with Gasteiger partial charge in [-0.1, -0.05) is 35.9 Å². The molecule has 1 aromatic carbocycles. The third-order valence-corrected chi connectivity index (χ3v) is 5.02. The van der Waals surface area contributed by atoms with Crippen LogP contribution in [0.4, 0.5) is 11.6 Å². The van der Waals surface area contributed by atoms with E-state index in [9.17, 15) is 0 Å². The Morgan fingerprint density at radius 2 is 2.03 bits per heavy atom. The number of rotatable bonds is 9. The minimum absolute atomic E-state index is 0.321. The maximum atomic E-state index is 5.86. The van der Waals surface area contributed by atoms with Gasteiger partial charge in [-0.2, -0.15) is 15.1 Å². The molecular formula is C24H28N6O2. The van der Waals surface area contributed by atoms with Crippen LogP contribution in [0.25, 0.3) is 0 Å². The van der Waals surface area contributed by atoms with Crippen LogP contribution < -0.4 is 15.1 Å². The van der Waals surface area contributed by atoms with Crippen LogP contribution in [0.3, 0.4) is 0 Å². The van der Waals surface area contributed by atoms with Gasteiger partial charge >= 0.3 is 6.01 Å². The first-order chi connectivity index (χ1) is 15.8. The summed E-state index contributed by atoms with van der Waals surface area (Å²) in [4.78, 5) is 15.6. The SMILES string of the molecule is Cc1cccc(C/C=N/Nc2cc(N3CCOCC3)nc(OCCc3ccccn3)n2)c1. The molecule has 0 aliphatic carbocycles. The summed E-state index contributed by atoms with van der Waals surface area (Å²) in [5.74, 6) is 1.39. The lowest BCUT2D eigenvalue weighted by atomic mass is 10.1. The Kier molecular flexibility index (Phi) is 7.60. The molecule has 1 fully saturated rings. The molecule has 2 aromatic heterocycles. The predicted octanol–water partition coefficient (Wildman–Crippen LogP) is 3.28. The van der Waals surface area contributed by atoms with Crippen LogP contribution >= 0.6 is 0 Å². The van der Waals surface area contributed by atoms with Crippen LogP contribution in [0.15, 0.2) is 59.8 Å². The molecule has 0 bridgehead atoms. The van der Waals surface area contributed by atoms with Crippen molar-refractivity contribution in [3.8, 4) is 6.01 Å². The van der Waals surface area contributed by atoms with Gasteiger partial charge in [0.05, 0.1) is 19.8 Å². The largest absolute Gasteiger partial charge is 0.463 e. The fraction of sp³-hybridized carbons (Fsp3) is 0.333. The zero-order valence-electron chi connectivity index (χ0n) is 18.3. The van der Waals surface area contributed by atoms with Crippen molar-refractivity contribution in [3.63, 3.8) is 0 Å². The van der Waals surface area contributed by atoms with Crippen LogP contribution in [-0.2, 0) is 17.6 Å². The standard InChI is InChI=1S/C24H28N6O2/c1-19-5-4-6-20(17-19)8-11-26-29-22-18-23(30-12-15-31-16-13-30)28-24(27-22)32-14-9-21-7-2-3-10-25-21/h2-7,10-11,17-18H,8-9,12-16H2,1H3,(H,27,28,29)/b26-11+. The molecule has 4 rings (SSSR count). The Labute approximate surface area is 188 Å². The van der Waals surface area contributed by atoms with Crippen molar-refractivity contribution in [2.45, 2.75) is 19.8 Å². The van der Waals surface area contributed by atoms with Gasteiger partial charge in [0.15, 0.2) is 5.82 Å². The fourth-order valence-electron chi connectivity index (χ4n) is 3.38. The maximum Gasteiger partial charge on any atom is 0.320 e. The Morgan fingerprint density at radius 3 is 2.84 bits per heavy atom. The molecular weight excluding hydrogens is 404 g/mol. The summed E-state index contributed by atoms with van der Waals surface area (Å²) >= 11 is 0. The first-order valence-corrected chi connectivity index (χ1v) is 10.8. The zero-order chi connectivity index (χ0) is 22.0. The molecule has 0 radical (unpaired) electrons. The number of benzene rings is 1. The molecule has 0 unspecified atom stereocenters. The molecule has 1 N–H and O–H groups in total. The molecule has 8 nitrogen and oxygen atoms in total. The maximum absolute atomic E-state index is 5.86. The number of aryl methyl sites for hydroxylation is 1. The summed E-state index contributed by atoms with van der Waals surface area (Å²) < 4.78 is 11.3. The van der Waals surface area contributed by atoms with Gasteiger partial charge in [-0.05, 0) is 24.6 Å². The van der Waals surface area contributed by atoms with E-state index in [-0.39, 0.29) is 0 Å². The second kappa shape index (κ2) is 11.2. The molecule has 166 valence electrons. The van der Waals surface area contributed by atoms with E-state index in [1.54, 1.807) is 6.20 Å². The van der Waals surface area contributed by atoms with E-state index in [1.807, 2.05) is 30.5 Å². The third-order valence-electron chi connectivity index (χ3n) is 5.02. The Morgan fingerprint density at radius 1 is 1.12 bits per heavy atom. The monoisotopic (exact) mass is 432 g/mol. The molecule has 1 aliphatic rings. The van der Waals surface area contributed by atoms with Crippen molar-refractivity contribution in [3.05, 3.63) is 71.5 Å². The highest BCUT2D eigenvalue weighted by molar-refractivity contribution is 5.63. The topological polar surface area (TPSA) is 84.8 Å². The lowest BCUT2D eigenvalue weighted by Gasteiger charge is -2.28. The van der Waals surface area contributed by atoms with Crippen molar-refractivity contribution in [1.82, 2.24) is 15.0 Å². The van der Waals surface area contributed by atoms with Gasteiger partial charge in [-0.25, -0.2) is 0 Å². The van der Waals surface area contributed by atoms with Crippen LogP contribution in [0.5, 0.6) is 6.01 Å². The first-order valence-electron chi connectivity index (χ1n) is 10.8. The van der Waals surface area contributed by atoms with E-state index < -0.39 is 0 Å². The fourth-order valence-corrected chi connectivity index (χ4v) is 3.38. The lowest BCUT2D eigenvalue weighted by Crippen LogP contribution is -2.36. The Hall–Kier alpha value is -3.52. The van der Waals surface area contributed by atoms with Crippen LogP contribution in [-0.4, -0.2) is 54.1 Å². The number of hydrogen-bond donors (Lipinski definition) is 1. The van der Waals surface area contributed by atoms with Crippen molar-refractivity contribution in [2.75, 3.05) is 43.2 Å². The van der Waals surface area contributed by atoms with Gasteiger partial charge in [0.1, 0.15) is 5.82 Å². The van der Waals surface area contributed by atoms with Crippen molar-refractivity contribution in [2.24, 2.45) is 5.10 Å². The number of anilines is 2. The van der Waals surface area contributed by atoms with Crippen LogP contribution in [0, 0.1) is 6.92 Å². The number of hydrogen-bond acceptors (Lipinski definition) is 8. The van der Waals surface area contributed by atoms with E-state index >= 15 is 0 Å². The van der Waals surface area contributed by atoms with Crippen LogP contribution in [0.2, 0.25) is 0 Å². The minimum Gasteiger partial charge on any atom is -0.463 e. The number of ether oxygens (including phenoxy) is 2. The van der Waals surface area contributed by atoms with E-state index in [0.717, 1.165) is 31.0 Å². The first kappa shape index (κ1) is 21.7. The van der Waals surface area contributed by atoms with E-state index in [1.165, 1.54) is 11.1 Å². The third kappa shape index (κ3) is 6.49. The summed E-state index contributed by atoms with van der Waals surface area (Å²) in [5.41, 5.74) is 6.45. The molecule has 32 heavy (non-hydrogen) atoms. The van der Waals surface area contributed by atoms with Gasteiger partial charge in [0.2, 0.25) is 0 Å². The molecule has 0 atom stereocenters. The second-order valence-electron chi connectivity index (χ2n) is 7.53. The van der Waals surface area contributed by atoms with Crippen LogP contribution in [0.1, 0.15) is 16.8 Å². The molecule has 8 heteroatoms. The predicted molar refractivity (Wildman–Crippen MR) is 125 cm³/mol. The average Bonchev–Trinajstić information content (AvgIpc) is 2.83. The lowest BCUT2D eigenvalue weighted by molar-refractivity contribution is 0.122.